The number of rotatable bonds is 2. The molecule has 2 heterocycles. The molecule has 11 unspecified atom stereocenters. The van der Waals surface area contributed by atoms with Crippen LogP contribution in [0.5, 0.6) is 0 Å². The van der Waals surface area contributed by atoms with E-state index in [-0.39, 0.29) is 51.5 Å². The molecule has 5 fully saturated rings. The highest BCUT2D eigenvalue weighted by molar-refractivity contribution is 5.33. The summed E-state index contributed by atoms with van der Waals surface area (Å²) >= 11 is 0. The zero-order valence-corrected chi connectivity index (χ0v) is 22.6. The van der Waals surface area contributed by atoms with Gasteiger partial charge in [-0.25, -0.2) is 0 Å². The van der Waals surface area contributed by atoms with Gasteiger partial charge in [-0.2, -0.15) is 0 Å². The third-order valence-electron chi connectivity index (χ3n) is 13.0. The number of aliphatic hydroxyl groups is 2. The molecule has 3 saturated carbocycles. The molecule has 4 nitrogen and oxygen atoms in total. The van der Waals surface area contributed by atoms with Crippen LogP contribution in [0.4, 0.5) is 0 Å². The van der Waals surface area contributed by atoms with E-state index in [1.165, 1.54) is 25.7 Å². The zero-order chi connectivity index (χ0) is 24.5. The monoisotopic (exact) mass is 472 g/mol. The minimum absolute atomic E-state index is 0.0200. The van der Waals surface area contributed by atoms with Crippen molar-refractivity contribution in [2.75, 3.05) is 0 Å². The molecule has 0 radical (unpaired) electrons. The van der Waals surface area contributed by atoms with Gasteiger partial charge in [0.1, 0.15) is 6.10 Å². The zero-order valence-electron chi connectivity index (χ0n) is 22.6. The molecule has 2 saturated heterocycles. The van der Waals surface area contributed by atoms with Crippen LogP contribution in [0.2, 0.25) is 0 Å². The fraction of sp³-hybridized carbons (Fsp3) is 0.933. The highest BCUT2D eigenvalue weighted by atomic mass is 16.7. The van der Waals surface area contributed by atoms with E-state index in [9.17, 15) is 10.2 Å². The molecule has 2 aliphatic heterocycles. The maximum Gasteiger partial charge on any atom is 0.158 e. The lowest BCUT2D eigenvalue weighted by molar-refractivity contribution is -0.143. The van der Waals surface area contributed by atoms with Crippen molar-refractivity contribution < 1.29 is 19.7 Å². The summed E-state index contributed by atoms with van der Waals surface area (Å²) in [6.45, 7) is 16.5. The van der Waals surface area contributed by atoms with E-state index in [0.29, 0.717) is 17.8 Å². The molecule has 6 aliphatic rings. The van der Waals surface area contributed by atoms with Crippen LogP contribution < -0.4 is 0 Å². The summed E-state index contributed by atoms with van der Waals surface area (Å²) in [6.07, 6.45) is 11.0. The quantitative estimate of drug-likeness (QED) is 0.391. The molecule has 0 amide bonds. The lowest BCUT2D eigenvalue weighted by atomic mass is 9.41. The molecule has 0 spiro atoms. The Hall–Kier alpha value is -0.420. The van der Waals surface area contributed by atoms with Crippen LogP contribution in [-0.4, -0.2) is 40.4 Å². The van der Waals surface area contributed by atoms with Gasteiger partial charge in [-0.1, -0.05) is 46.3 Å². The number of hydrogen-bond donors (Lipinski definition) is 2. The van der Waals surface area contributed by atoms with Crippen LogP contribution in [0.1, 0.15) is 99.8 Å². The fourth-order valence-electron chi connectivity index (χ4n) is 10.5. The summed E-state index contributed by atoms with van der Waals surface area (Å²) in [5.74, 6) is 1.89. The Bertz CT molecular complexity index is 892. The van der Waals surface area contributed by atoms with Crippen molar-refractivity contribution in [2.45, 2.75) is 130 Å². The average molecular weight is 473 g/mol. The van der Waals surface area contributed by atoms with Crippen molar-refractivity contribution in [2.24, 2.45) is 45.3 Å². The summed E-state index contributed by atoms with van der Waals surface area (Å²) < 4.78 is 12.0. The summed E-state index contributed by atoms with van der Waals surface area (Å²) in [4.78, 5) is 0. The van der Waals surface area contributed by atoms with Crippen molar-refractivity contribution in [3.63, 3.8) is 0 Å². The predicted octanol–water partition coefficient (Wildman–Crippen LogP) is 5.85. The van der Waals surface area contributed by atoms with Crippen molar-refractivity contribution >= 4 is 0 Å². The van der Waals surface area contributed by atoms with E-state index in [1.807, 2.05) is 0 Å². The number of hydrogen-bond acceptors (Lipinski definition) is 4. The Balaban J connectivity index is 1.29. The molecule has 34 heavy (non-hydrogen) atoms. The largest absolute Gasteiger partial charge is 0.393 e. The molecule has 192 valence electrons. The molecule has 0 bridgehead atoms. The molecule has 4 heteroatoms. The SMILES string of the molecule is CC1(C)OC1C1CC(C2CCC3(C)C4=CCC5C(C)(C)C(O)CCC5(C)C4CCC23C)C(O)O1. The van der Waals surface area contributed by atoms with E-state index in [1.54, 1.807) is 5.57 Å². The van der Waals surface area contributed by atoms with Crippen LogP contribution in [0, 0.1) is 45.3 Å². The molecule has 2 N–H and O–H groups in total. The second-order valence-corrected chi connectivity index (χ2v) is 14.9. The maximum absolute atomic E-state index is 11.0. The summed E-state index contributed by atoms with van der Waals surface area (Å²) in [5.41, 5.74) is 2.28. The number of ether oxygens (including phenoxy) is 2. The molecule has 0 aromatic heterocycles. The maximum atomic E-state index is 11.0. The van der Waals surface area contributed by atoms with Crippen molar-refractivity contribution in [3.8, 4) is 0 Å². The molecular weight excluding hydrogens is 424 g/mol. The van der Waals surface area contributed by atoms with E-state index in [0.717, 1.165) is 25.7 Å². The second-order valence-electron chi connectivity index (χ2n) is 14.9. The van der Waals surface area contributed by atoms with Gasteiger partial charge in [-0.3, -0.25) is 0 Å². The first kappa shape index (κ1) is 23.9. The Labute approximate surface area is 206 Å². The van der Waals surface area contributed by atoms with Crippen LogP contribution in [0.3, 0.4) is 0 Å². The van der Waals surface area contributed by atoms with E-state index in [4.69, 9.17) is 9.47 Å². The Kier molecular flexibility index (Phi) is 5.01. The van der Waals surface area contributed by atoms with Crippen molar-refractivity contribution in [3.05, 3.63) is 11.6 Å². The first-order chi connectivity index (χ1) is 15.8. The van der Waals surface area contributed by atoms with E-state index >= 15 is 0 Å². The second kappa shape index (κ2) is 7.11. The summed E-state index contributed by atoms with van der Waals surface area (Å²) in [7, 11) is 0. The molecule has 4 aliphatic carbocycles. The molecule has 6 rings (SSSR count). The van der Waals surface area contributed by atoms with Gasteiger partial charge in [0.15, 0.2) is 6.29 Å². The minimum atomic E-state index is -0.658. The van der Waals surface area contributed by atoms with E-state index < -0.39 is 6.29 Å². The summed E-state index contributed by atoms with van der Waals surface area (Å²) in [6, 6.07) is 0. The molecule has 0 aromatic carbocycles. The van der Waals surface area contributed by atoms with Crippen LogP contribution >= 0.6 is 0 Å². The van der Waals surface area contributed by atoms with E-state index in [2.05, 4.69) is 54.5 Å². The van der Waals surface area contributed by atoms with Gasteiger partial charge >= 0.3 is 0 Å². The highest BCUT2D eigenvalue weighted by Gasteiger charge is 2.67. The first-order valence-corrected chi connectivity index (χ1v) is 14.2. The van der Waals surface area contributed by atoms with Gasteiger partial charge in [-0.15, -0.1) is 0 Å². The van der Waals surface area contributed by atoms with Crippen molar-refractivity contribution in [1.82, 2.24) is 0 Å². The minimum Gasteiger partial charge on any atom is -0.393 e. The average Bonchev–Trinajstić information content (AvgIpc) is 3.08. The third kappa shape index (κ3) is 2.92. The fourth-order valence-corrected chi connectivity index (χ4v) is 10.5. The lowest BCUT2D eigenvalue weighted by Crippen LogP contribution is -2.58. The van der Waals surface area contributed by atoms with Crippen LogP contribution in [0.25, 0.3) is 0 Å². The van der Waals surface area contributed by atoms with Gasteiger partial charge in [0.2, 0.25) is 0 Å². The smallest absolute Gasteiger partial charge is 0.158 e. The number of allylic oxidation sites excluding steroid dienone is 2. The van der Waals surface area contributed by atoms with Crippen LogP contribution in [-0.2, 0) is 9.47 Å². The summed E-state index contributed by atoms with van der Waals surface area (Å²) in [5, 5.41) is 21.9. The Morgan fingerprint density at radius 3 is 2.29 bits per heavy atom. The van der Waals surface area contributed by atoms with Gasteiger partial charge in [-0.05, 0) is 105 Å². The third-order valence-corrected chi connectivity index (χ3v) is 13.0. The van der Waals surface area contributed by atoms with Crippen molar-refractivity contribution in [1.29, 1.82) is 0 Å². The molecule has 11 atom stereocenters. The first-order valence-electron chi connectivity index (χ1n) is 14.2. The Morgan fingerprint density at radius 2 is 1.62 bits per heavy atom. The van der Waals surface area contributed by atoms with Gasteiger partial charge in [0, 0.05) is 5.92 Å². The van der Waals surface area contributed by atoms with Crippen LogP contribution in [0.15, 0.2) is 11.6 Å². The normalized spacial score (nSPS) is 57.4. The molecular formula is C30H48O4. The Morgan fingerprint density at radius 1 is 0.912 bits per heavy atom. The van der Waals surface area contributed by atoms with Gasteiger partial charge < -0.3 is 19.7 Å². The standard InChI is InChI=1S/C30H48O4/c1-26(2)22-9-8-20-19(28(22,5)13-12-23(26)31)11-15-29(6)18(10-14-30(20,29)7)17-16-21(33-25(17)32)24-27(3,4)34-24/h8,17-19,21-25,31-32H,9-16H2,1-7H3. The number of aliphatic hydroxyl groups excluding tert-OH is 2. The number of fused-ring (bicyclic) bond motifs is 5. The predicted molar refractivity (Wildman–Crippen MR) is 133 cm³/mol. The molecule has 0 aromatic rings. The lowest BCUT2D eigenvalue weighted by Gasteiger charge is -2.64. The number of epoxide rings is 1. The topological polar surface area (TPSA) is 62.2 Å². The van der Waals surface area contributed by atoms with Gasteiger partial charge in [0.25, 0.3) is 0 Å². The van der Waals surface area contributed by atoms with Gasteiger partial charge in [0.05, 0.1) is 17.8 Å². The highest BCUT2D eigenvalue weighted by Crippen LogP contribution is 2.73.